The molecule has 1 heterocycles. The van der Waals surface area contributed by atoms with Crippen molar-refractivity contribution in [3.05, 3.63) is 65.9 Å². The summed E-state index contributed by atoms with van der Waals surface area (Å²) < 4.78 is 33.1. The Bertz CT molecular complexity index is 1200. The van der Waals surface area contributed by atoms with Crippen LogP contribution in [0.5, 0.6) is 0 Å². The number of ketones is 1. The highest BCUT2D eigenvalue weighted by molar-refractivity contribution is 7.89. The Kier molecular flexibility index (Phi) is 6.62. The smallest absolute Gasteiger partial charge is 0.325 e. The number of rotatable bonds is 8. The van der Waals surface area contributed by atoms with Crippen LogP contribution in [0.3, 0.4) is 0 Å². The van der Waals surface area contributed by atoms with Gasteiger partial charge in [-0.15, -0.1) is 0 Å². The molecule has 0 radical (unpaired) electrons. The Morgan fingerprint density at radius 2 is 1.58 bits per heavy atom. The van der Waals surface area contributed by atoms with Crippen LogP contribution < -0.4 is 4.72 Å². The van der Waals surface area contributed by atoms with Crippen molar-refractivity contribution in [2.24, 2.45) is 5.92 Å². The normalized spacial score (nSPS) is 13.8. The maximum Gasteiger partial charge on any atom is 0.325 e. The number of carbonyl (C=O) groups excluding carboxylic acids is 2. The number of aryl methyl sites for hydroxylation is 1. The highest BCUT2D eigenvalue weighted by Crippen LogP contribution is 2.24. The third-order valence-electron chi connectivity index (χ3n) is 5.06. The third kappa shape index (κ3) is 4.86. The Labute approximate surface area is 181 Å². The van der Waals surface area contributed by atoms with Gasteiger partial charge in [0.05, 0.1) is 4.90 Å². The fourth-order valence-corrected chi connectivity index (χ4v) is 4.74. The van der Waals surface area contributed by atoms with E-state index in [-0.39, 0.29) is 16.6 Å². The van der Waals surface area contributed by atoms with Crippen LogP contribution >= 0.6 is 0 Å². The first kappa shape index (κ1) is 22.7. The van der Waals surface area contributed by atoms with Crippen LogP contribution in [0.15, 0.2) is 59.5 Å². The molecule has 0 fully saturated rings. The van der Waals surface area contributed by atoms with E-state index in [4.69, 9.17) is 4.74 Å². The minimum atomic E-state index is -3.93. The number of carbonyl (C=O) groups is 2. The minimum Gasteiger partial charge on any atom is -0.453 e. The number of hydrogen-bond donors (Lipinski definition) is 2. The van der Waals surface area contributed by atoms with E-state index >= 15 is 0 Å². The number of para-hydroxylation sites is 1. The van der Waals surface area contributed by atoms with Crippen LogP contribution in [0.25, 0.3) is 10.9 Å². The second-order valence-corrected chi connectivity index (χ2v) is 9.48. The summed E-state index contributed by atoms with van der Waals surface area (Å²) in [5.74, 6) is -1.53. The minimum absolute atomic E-state index is 0.0481. The summed E-state index contributed by atoms with van der Waals surface area (Å²) in [5, 5.41) is 0.748. The zero-order chi connectivity index (χ0) is 22.8. The fraction of sp³-hybridized carbons (Fsp3) is 0.304. The number of esters is 1. The topological polar surface area (TPSA) is 105 Å². The molecule has 8 heteroatoms. The maximum atomic E-state index is 13.0. The molecular weight excluding hydrogens is 416 g/mol. The second-order valence-electron chi connectivity index (χ2n) is 7.77. The molecule has 0 aliphatic heterocycles. The lowest BCUT2D eigenvalue weighted by Crippen LogP contribution is -2.46. The van der Waals surface area contributed by atoms with Gasteiger partial charge in [-0.25, -0.2) is 8.42 Å². The summed E-state index contributed by atoms with van der Waals surface area (Å²) in [7, 11) is -3.93. The lowest BCUT2D eigenvalue weighted by atomic mass is 10.0. The van der Waals surface area contributed by atoms with Crippen LogP contribution in [-0.2, 0) is 19.6 Å². The molecule has 0 bridgehead atoms. The van der Waals surface area contributed by atoms with Gasteiger partial charge in [-0.3, -0.25) is 9.59 Å². The molecule has 7 nitrogen and oxygen atoms in total. The van der Waals surface area contributed by atoms with Crippen LogP contribution in [0.4, 0.5) is 0 Å². The average molecular weight is 443 g/mol. The first-order valence-electron chi connectivity index (χ1n) is 10.0. The van der Waals surface area contributed by atoms with Crippen molar-refractivity contribution >= 4 is 32.7 Å². The van der Waals surface area contributed by atoms with Crippen LogP contribution in [-0.4, -0.2) is 37.3 Å². The van der Waals surface area contributed by atoms with Gasteiger partial charge >= 0.3 is 5.97 Å². The quantitative estimate of drug-likeness (QED) is 0.410. The number of hydrogen-bond acceptors (Lipinski definition) is 5. The van der Waals surface area contributed by atoms with Crippen molar-refractivity contribution in [1.29, 1.82) is 0 Å². The molecule has 1 aromatic heterocycles. The van der Waals surface area contributed by atoms with Crippen molar-refractivity contribution in [2.45, 2.75) is 44.7 Å². The zero-order valence-corrected chi connectivity index (χ0v) is 18.7. The van der Waals surface area contributed by atoms with Crippen molar-refractivity contribution in [1.82, 2.24) is 9.71 Å². The SMILES string of the molecule is Cc1[nH]c2ccccc2c1C(=O)C(C)OC(=O)[C@@H](NS(=O)(=O)c1ccccc1)C(C)C. The van der Waals surface area contributed by atoms with E-state index in [2.05, 4.69) is 9.71 Å². The largest absolute Gasteiger partial charge is 0.453 e. The number of Topliss-reactive ketones (excluding diaryl/α,β-unsaturated/α-hetero) is 1. The number of fused-ring (bicyclic) bond motifs is 1. The number of H-pyrrole nitrogens is 1. The van der Waals surface area contributed by atoms with E-state index in [1.807, 2.05) is 24.3 Å². The molecule has 1 unspecified atom stereocenters. The number of aromatic nitrogens is 1. The summed E-state index contributed by atoms with van der Waals surface area (Å²) in [4.78, 5) is 29.1. The molecule has 0 spiro atoms. The first-order valence-corrected chi connectivity index (χ1v) is 11.5. The monoisotopic (exact) mass is 442 g/mol. The molecule has 0 amide bonds. The van der Waals surface area contributed by atoms with Gasteiger partial charge in [0, 0.05) is 22.2 Å². The Morgan fingerprint density at radius 1 is 0.968 bits per heavy atom. The summed E-state index contributed by atoms with van der Waals surface area (Å²) in [6.07, 6.45) is -1.08. The molecule has 2 atom stereocenters. The molecule has 3 aromatic rings. The number of ether oxygens (including phenoxy) is 1. The van der Waals surface area contributed by atoms with Gasteiger partial charge in [-0.2, -0.15) is 4.72 Å². The van der Waals surface area contributed by atoms with Gasteiger partial charge in [0.2, 0.25) is 15.8 Å². The number of nitrogens with one attached hydrogen (secondary N) is 2. The number of benzene rings is 2. The second kappa shape index (κ2) is 9.03. The molecule has 0 aliphatic carbocycles. The number of aromatic amines is 1. The molecule has 2 N–H and O–H groups in total. The van der Waals surface area contributed by atoms with Crippen LogP contribution in [0.2, 0.25) is 0 Å². The zero-order valence-electron chi connectivity index (χ0n) is 17.9. The van der Waals surface area contributed by atoms with Crippen LogP contribution in [0, 0.1) is 12.8 Å². The van der Waals surface area contributed by atoms with Gasteiger partial charge in [0.15, 0.2) is 6.10 Å². The van der Waals surface area contributed by atoms with Gasteiger partial charge in [-0.05, 0) is 38.0 Å². The van der Waals surface area contributed by atoms with Gasteiger partial charge in [0.25, 0.3) is 0 Å². The maximum absolute atomic E-state index is 13.0. The Morgan fingerprint density at radius 3 is 2.23 bits per heavy atom. The molecule has 2 aromatic carbocycles. The molecule has 3 rings (SSSR count). The lowest BCUT2D eigenvalue weighted by Gasteiger charge is -2.22. The van der Waals surface area contributed by atoms with E-state index in [9.17, 15) is 18.0 Å². The van der Waals surface area contributed by atoms with Gasteiger partial charge < -0.3 is 9.72 Å². The van der Waals surface area contributed by atoms with E-state index in [0.29, 0.717) is 11.3 Å². The van der Waals surface area contributed by atoms with Crippen molar-refractivity contribution < 1.29 is 22.7 Å². The number of sulfonamides is 1. The molecule has 0 saturated heterocycles. The first-order chi connectivity index (χ1) is 14.6. The highest BCUT2D eigenvalue weighted by Gasteiger charge is 2.32. The lowest BCUT2D eigenvalue weighted by molar-refractivity contribution is -0.149. The molecule has 0 aliphatic rings. The predicted octanol–water partition coefficient (Wildman–Crippen LogP) is 3.59. The molecular formula is C23H26N2O5S. The van der Waals surface area contributed by atoms with Gasteiger partial charge in [0.1, 0.15) is 6.04 Å². The Hall–Kier alpha value is -2.97. The van der Waals surface area contributed by atoms with E-state index < -0.39 is 28.1 Å². The standard InChI is InChI=1S/C23H26N2O5S/c1-14(2)21(25-31(28,29)17-10-6-5-7-11-17)23(27)30-16(4)22(26)20-15(3)24-19-13-9-8-12-18(19)20/h5-14,16,21,24-25H,1-4H3/t16?,21-/m0/s1. The molecule has 0 saturated carbocycles. The van der Waals surface area contributed by atoms with Crippen LogP contribution in [0.1, 0.15) is 36.8 Å². The van der Waals surface area contributed by atoms with Crippen molar-refractivity contribution in [2.75, 3.05) is 0 Å². The summed E-state index contributed by atoms with van der Waals surface area (Å²) >= 11 is 0. The third-order valence-corrected chi connectivity index (χ3v) is 6.52. The summed E-state index contributed by atoms with van der Waals surface area (Å²) in [6.45, 7) is 6.68. The van der Waals surface area contributed by atoms with Gasteiger partial charge in [-0.1, -0.05) is 50.2 Å². The molecule has 164 valence electrons. The van der Waals surface area contributed by atoms with E-state index in [1.54, 1.807) is 39.0 Å². The van der Waals surface area contributed by atoms with E-state index in [1.165, 1.54) is 19.1 Å². The average Bonchev–Trinajstić information content (AvgIpc) is 3.07. The van der Waals surface area contributed by atoms with E-state index in [0.717, 1.165) is 10.9 Å². The highest BCUT2D eigenvalue weighted by atomic mass is 32.2. The molecule has 31 heavy (non-hydrogen) atoms. The van der Waals surface area contributed by atoms with Crippen molar-refractivity contribution in [3.63, 3.8) is 0 Å². The Balaban J connectivity index is 1.79. The fourth-order valence-electron chi connectivity index (χ4n) is 3.39. The predicted molar refractivity (Wildman–Crippen MR) is 118 cm³/mol. The summed E-state index contributed by atoms with van der Waals surface area (Å²) in [6, 6.07) is 14.0. The van der Waals surface area contributed by atoms with Crippen molar-refractivity contribution in [3.8, 4) is 0 Å². The summed E-state index contributed by atoms with van der Waals surface area (Å²) in [5.41, 5.74) is 1.96.